The average Bonchev–Trinajstić information content (AvgIpc) is 2.95. The van der Waals surface area contributed by atoms with Gasteiger partial charge in [0.15, 0.2) is 0 Å². The van der Waals surface area contributed by atoms with Crippen molar-refractivity contribution in [3.8, 4) is 5.75 Å². The van der Waals surface area contributed by atoms with Gasteiger partial charge in [-0.3, -0.25) is 0 Å². The lowest BCUT2D eigenvalue weighted by Crippen LogP contribution is -2.30. The fraction of sp³-hybridized carbons (Fsp3) is 0.348. The second-order valence-electron chi connectivity index (χ2n) is 7.79. The van der Waals surface area contributed by atoms with Crippen LogP contribution in [0.1, 0.15) is 25.0 Å². The van der Waals surface area contributed by atoms with Crippen LogP contribution in [0.15, 0.2) is 59.1 Å². The van der Waals surface area contributed by atoms with Crippen LogP contribution < -0.4 is 9.64 Å². The highest BCUT2D eigenvalue weighted by Gasteiger charge is 2.43. The predicted molar refractivity (Wildman–Crippen MR) is 121 cm³/mol. The molecule has 7 heteroatoms. The lowest BCUT2D eigenvalue weighted by Gasteiger charge is -2.30. The quantitative estimate of drug-likeness (QED) is 0.682. The summed E-state index contributed by atoms with van der Waals surface area (Å²) in [6.45, 7) is 5.05. The fourth-order valence-corrected chi connectivity index (χ4v) is 5.06. The molecule has 1 heterocycles. The minimum atomic E-state index is -3.46. The van der Waals surface area contributed by atoms with E-state index in [1.54, 1.807) is 19.2 Å². The Bertz CT molecular complexity index is 1080. The topological polar surface area (TPSA) is 73.7 Å². The first-order valence-corrected chi connectivity index (χ1v) is 11.3. The van der Waals surface area contributed by atoms with Crippen LogP contribution in [0, 0.1) is 5.41 Å². The van der Waals surface area contributed by atoms with E-state index in [-0.39, 0.29) is 10.3 Å². The number of benzene rings is 2. The number of fused-ring (bicyclic) bond motifs is 1. The molecule has 2 aromatic carbocycles. The summed E-state index contributed by atoms with van der Waals surface area (Å²) in [7, 11) is 1.26. The summed E-state index contributed by atoms with van der Waals surface area (Å²) in [5.41, 5.74) is 3.95. The Morgan fingerprint density at radius 1 is 1.17 bits per heavy atom. The lowest BCUT2D eigenvalue weighted by atomic mass is 9.76. The van der Waals surface area contributed by atoms with Crippen LogP contribution >= 0.6 is 0 Å². The Morgan fingerprint density at radius 3 is 2.37 bits per heavy atom. The molecule has 30 heavy (non-hydrogen) atoms. The van der Waals surface area contributed by atoms with Gasteiger partial charge in [0, 0.05) is 43.7 Å². The molecule has 0 aromatic heterocycles. The van der Waals surface area contributed by atoms with Crippen molar-refractivity contribution in [1.82, 2.24) is 4.31 Å². The van der Waals surface area contributed by atoms with E-state index in [0.717, 1.165) is 34.8 Å². The first-order chi connectivity index (χ1) is 14.2. The maximum atomic E-state index is 12.4. The van der Waals surface area contributed by atoms with Gasteiger partial charge in [-0.1, -0.05) is 12.1 Å². The van der Waals surface area contributed by atoms with Gasteiger partial charge in [0.2, 0.25) is 10.0 Å². The van der Waals surface area contributed by atoms with Crippen molar-refractivity contribution < 1.29 is 13.2 Å². The van der Waals surface area contributed by atoms with Gasteiger partial charge < -0.3 is 15.0 Å². The number of nitrogens with zero attached hydrogens (tertiary/aromatic N) is 2. The number of methoxy groups -OCH3 is 1. The van der Waals surface area contributed by atoms with Gasteiger partial charge in [0.1, 0.15) is 5.75 Å². The Labute approximate surface area is 179 Å². The van der Waals surface area contributed by atoms with Crippen molar-refractivity contribution in [3.05, 3.63) is 65.4 Å². The van der Waals surface area contributed by atoms with Gasteiger partial charge in [-0.25, -0.2) is 12.7 Å². The van der Waals surface area contributed by atoms with Crippen LogP contribution in [0.4, 0.5) is 5.69 Å². The van der Waals surface area contributed by atoms with Crippen molar-refractivity contribution >= 4 is 21.9 Å². The third-order valence-corrected chi connectivity index (χ3v) is 7.59. The van der Waals surface area contributed by atoms with Gasteiger partial charge >= 0.3 is 0 Å². The molecule has 1 aliphatic rings. The van der Waals surface area contributed by atoms with Crippen LogP contribution in [0.3, 0.4) is 0 Å². The van der Waals surface area contributed by atoms with E-state index in [1.807, 2.05) is 24.3 Å². The predicted octanol–water partition coefficient (Wildman–Crippen LogP) is 3.82. The molecule has 160 valence electrons. The molecule has 0 spiro atoms. The molecule has 0 fully saturated rings. The number of sulfonamides is 1. The Kier molecular flexibility index (Phi) is 6.06. The van der Waals surface area contributed by atoms with Crippen LogP contribution in [-0.2, 0) is 21.9 Å². The smallest absolute Gasteiger partial charge is 0.242 e. The molecule has 1 unspecified atom stereocenters. The van der Waals surface area contributed by atoms with E-state index in [2.05, 4.69) is 30.9 Å². The number of likely N-dealkylation sites (N-methyl/N-ethyl adjacent to an activating group) is 1. The van der Waals surface area contributed by atoms with Gasteiger partial charge in [-0.05, 0) is 67.8 Å². The van der Waals surface area contributed by atoms with E-state index < -0.39 is 10.0 Å². The normalized spacial score (nSPS) is 19.9. The van der Waals surface area contributed by atoms with E-state index in [1.165, 1.54) is 24.6 Å². The molecule has 0 bridgehead atoms. The summed E-state index contributed by atoms with van der Waals surface area (Å²) in [5, 5.41) is 7.69. The fourth-order valence-electron chi connectivity index (χ4n) is 4.16. The van der Waals surface area contributed by atoms with Crippen LogP contribution in [-0.4, -0.2) is 46.7 Å². The largest absolute Gasteiger partial charge is 0.497 e. The molecule has 0 amide bonds. The van der Waals surface area contributed by atoms with E-state index in [4.69, 9.17) is 10.1 Å². The standard InChI is InChI=1S/C23H29N3O3S/c1-6-26-21-12-9-18(29-5)15-20(21)23(2,22(26)13-14-24)16-17-7-10-19(11-8-17)30(27,28)25(3)4/h7-15,24H,6,16H2,1-5H3/b22-13-,24-14?. The van der Waals surface area contributed by atoms with Crippen LogP contribution in [0.2, 0.25) is 0 Å². The number of hydrogen-bond acceptors (Lipinski definition) is 5. The highest BCUT2D eigenvalue weighted by Crippen LogP contribution is 2.50. The SMILES string of the molecule is CCN1/C(=C\C=N)C(C)(Cc2ccc(S(=O)(=O)N(C)C)cc2)c2cc(OC)ccc21. The first kappa shape index (κ1) is 22.1. The van der Waals surface area contributed by atoms with Gasteiger partial charge in [0.05, 0.1) is 12.0 Å². The van der Waals surface area contributed by atoms with Gasteiger partial charge in [0.25, 0.3) is 0 Å². The second-order valence-corrected chi connectivity index (χ2v) is 9.94. The van der Waals surface area contributed by atoms with Crippen molar-refractivity contribution in [2.45, 2.75) is 30.6 Å². The van der Waals surface area contributed by atoms with E-state index in [9.17, 15) is 8.42 Å². The summed E-state index contributed by atoms with van der Waals surface area (Å²) in [6, 6.07) is 13.1. The Morgan fingerprint density at radius 2 is 1.83 bits per heavy atom. The zero-order valence-corrected chi connectivity index (χ0v) is 19.0. The molecule has 3 rings (SSSR count). The maximum Gasteiger partial charge on any atom is 0.242 e. The average molecular weight is 428 g/mol. The number of anilines is 1. The molecule has 1 aliphatic heterocycles. The Hall–Kier alpha value is -2.64. The highest BCUT2D eigenvalue weighted by molar-refractivity contribution is 7.89. The molecule has 6 nitrogen and oxygen atoms in total. The van der Waals surface area contributed by atoms with Gasteiger partial charge in [-0.15, -0.1) is 0 Å². The monoisotopic (exact) mass is 427 g/mol. The van der Waals surface area contributed by atoms with Crippen molar-refractivity contribution in [3.63, 3.8) is 0 Å². The number of ether oxygens (including phenoxy) is 1. The summed E-state index contributed by atoms with van der Waals surface area (Å²) in [4.78, 5) is 2.50. The van der Waals surface area contributed by atoms with Gasteiger partial charge in [-0.2, -0.15) is 0 Å². The molecule has 1 atom stereocenters. The highest BCUT2D eigenvalue weighted by atomic mass is 32.2. The molecule has 2 aromatic rings. The van der Waals surface area contributed by atoms with Crippen molar-refractivity contribution in [1.29, 1.82) is 5.41 Å². The lowest BCUT2D eigenvalue weighted by molar-refractivity contribution is 0.413. The van der Waals surface area contributed by atoms with Crippen LogP contribution in [0.5, 0.6) is 5.75 Å². The number of hydrogen-bond donors (Lipinski definition) is 1. The zero-order valence-electron chi connectivity index (χ0n) is 18.1. The molecule has 0 aliphatic carbocycles. The summed E-state index contributed by atoms with van der Waals surface area (Å²) < 4.78 is 31.4. The summed E-state index contributed by atoms with van der Waals surface area (Å²) >= 11 is 0. The molecule has 0 radical (unpaired) electrons. The molecule has 0 saturated heterocycles. The van der Waals surface area contributed by atoms with Crippen molar-refractivity contribution in [2.75, 3.05) is 32.6 Å². The minimum Gasteiger partial charge on any atom is -0.497 e. The second kappa shape index (κ2) is 8.24. The summed E-state index contributed by atoms with van der Waals surface area (Å²) in [5.74, 6) is 0.791. The van der Waals surface area contributed by atoms with Crippen molar-refractivity contribution in [2.24, 2.45) is 0 Å². The van der Waals surface area contributed by atoms with E-state index >= 15 is 0 Å². The zero-order chi connectivity index (χ0) is 22.1. The summed E-state index contributed by atoms with van der Waals surface area (Å²) in [6.07, 6.45) is 3.85. The third kappa shape index (κ3) is 3.63. The van der Waals surface area contributed by atoms with E-state index in [0.29, 0.717) is 6.42 Å². The molecular formula is C23H29N3O3S. The molecular weight excluding hydrogens is 398 g/mol. The van der Waals surface area contributed by atoms with Crippen LogP contribution in [0.25, 0.3) is 0 Å². The molecule has 1 N–H and O–H groups in total. The third-order valence-electron chi connectivity index (χ3n) is 5.76. The number of rotatable bonds is 7. The number of allylic oxidation sites excluding steroid dienone is 2. The molecule has 0 saturated carbocycles. The number of nitrogens with one attached hydrogen (secondary N) is 1. The maximum absolute atomic E-state index is 12.4. The minimum absolute atomic E-state index is 0.278. The first-order valence-electron chi connectivity index (χ1n) is 9.87. The Balaban J connectivity index is 2.07.